The second kappa shape index (κ2) is 2.89. The smallest absolute Gasteiger partial charge is 0.261 e. The zero-order valence-electron chi connectivity index (χ0n) is 3.57. The Balaban J connectivity index is 3.64. The quantitative estimate of drug-likeness (QED) is 0.321. The molecular formula is C2H2F2N2O2. The highest BCUT2D eigenvalue weighted by Crippen LogP contribution is 1.65. The van der Waals surface area contributed by atoms with Crippen molar-refractivity contribution in [1.82, 2.24) is 11.1 Å². The first kappa shape index (κ1) is 6.80. The Hall–Kier alpha value is -1.20. The van der Waals surface area contributed by atoms with Crippen LogP contribution in [0.2, 0.25) is 0 Å². The van der Waals surface area contributed by atoms with Gasteiger partial charge in [-0.25, -0.2) is 0 Å². The summed E-state index contributed by atoms with van der Waals surface area (Å²) in [5.74, 6) is -3.32. The highest BCUT2D eigenvalue weighted by molar-refractivity contribution is 6.34. The lowest BCUT2D eigenvalue weighted by Crippen LogP contribution is -2.31. The minimum atomic E-state index is -1.66. The van der Waals surface area contributed by atoms with Crippen molar-refractivity contribution in [3.8, 4) is 0 Å². The van der Waals surface area contributed by atoms with E-state index in [2.05, 4.69) is 0 Å². The summed E-state index contributed by atoms with van der Waals surface area (Å²) in [4.78, 5) is 19.2. The van der Waals surface area contributed by atoms with Crippen molar-refractivity contribution < 1.29 is 18.6 Å². The number of carbonyl (C=O) groups is 2. The highest BCUT2D eigenvalue weighted by Gasteiger charge is 2.10. The van der Waals surface area contributed by atoms with E-state index in [4.69, 9.17) is 0 Å². The van der Waals surface area contributed by atoms with E-state index in [0.29, 0.717) is 11.1 Å². The zero-order valence-corrected chi connectivity index (χ0v) is 3.57. The van der Waals surface area contributed by atoms with Gasteiger partial charge in [-0.1, -0.05) is 8.96 Å². The Morgan fingerprint density at radius 2 is 1.25 bits per heavy atom. The summed E-state index contributed by atoms with van der Waals surface area (Å²) in [6.45, 7) is 0. The Morgan fingerprint density at radius 1 is 1.00 bits per heavy atom. The van der Waals surface area contributed by atoms with E-state index >= 15 is 0 Å². The first-order valence-electron chi connectivity index (χ1n) is 1.54. The van der Waals surface area contributed by atoms with Gasteiger partial charge in [0.25, 0.3) is 0 Å². The molecule has 8 heavy (non-hydrogen) atoms. The number of carbonyl (C=O) groups excluding carboxylic acids is 2. The molecule has 0 aliphatic carbocycles. The molecular weight excluding hydrogens is 122 g/mol. The van der Waals surface area contributed by atoms with Crippen LogP contribution in [0.4, 0.5) is 8.96 Å². The highest BCUT2D eigenvalue weighted by atomic mass is 19.2. The molecule has 46 valence electrons. The van der Waals surface area contributed by atoms with E-state index in [1.165, 1.54) is 0 Å². The minimum absolute atomic E-state index is 0.425. The molecule has 0 rings (SSSR count). The van der Waals surface area contributed by atoms with E-state index in [0.717, 1.165) is 0 Å². The third-order valence-electron chi connectivity index (χ3n) is 0.378. The number of amides is 2. The van der Waals surface area contributed by atoms with Gasteiger partial charge in [-0.2, -0.15) is 11.1 Å². The van der Waals surface area contributed by atoms with Crippen molar-refractivity contribution in [2.75, 3.05) is 0 Å². The van der Waals surface area contributed by atoms with Gasteiger partial charge in [-0.05, 0) is 0 Å². The molecule has 0 fully saturated rings. The summed E-state index contributed by atoms with van der Waals surface area (Å²) in [5, 5.41) is 0. The van der Waals surface area contributed by atoms with Crippen LogP contribution >= 0.6 is 0 Å². The fourth-order valence-corrected chi connectivity index (χ4v) is 0.0858. The van der Waals surface area contributed by atoms with E-state index in [9.17, 15) is 18.6 Å². The van der Waals surface area contributed by atoms with Crippen molar-refractivity contribution in [2.24, 2.45) is 0 Å². The van der Waals surface area contributed by atoms with Crippen LogP contribution in [0.15, 0.2) is 0 Å². The van der Waals surface area contributed by atoms with Gasteiger partial charge in [0.2, 0.25) is 0 Å². The third kappa shape index (κ3) is 1.50. The number of rotatable bonds is 0. The Labute approximate surface area is 42.7 Å². The van der Waals surface area contributed by atoms with Gasteiger partial charge < -0.3 is 0 Å². The molecule has 0 aliphatic rings. The molecule has 0 unspecified atom stereocenters. The van der Waals surface area contributed by atoms with Crippen LogP contribution in [0.3, 0.4) is 0 Å². The number of hydrogen-bond acceptors (Lipinski definition) is 2. The second-order valence-electron chi connectivity index (χ2n) is 0.847. The molecule has 2 amide bonds. The molecule has 0 saturated heterocycles. The topological polar surface area (TPSA) is 58.2 Å². The van der Waals surface area contributed by atoms with Crippen molar-refractivity contribution in [1.29, 1.82) is 0 Å². The van der Waals surface area contributed by atoms with Gasteiger partial charge in [0.15, 0.2) is 0 Å². The SMILES string of the molecule is O=C(NF)C(=O)NF. The maximum atomic E-state index is 10.8. The average molecular weight is 124 g/mol. The van der Waals surface area contributed by atoms with E-state index in [1.807, 2.05) is 0 Å². The van der Waals surface area contributed by atoms with Crippen LogP contribution in [0.5, 0.6) is 0 Å². The van der Waals surface area contributed by atoms with Crippen molar-refractivity contribution >= 4 is 11.8 Å². The Morgan fingerprint density at radius 3 is 1.38 bits per heavy atom. The molecule has 6 heteroatoms. The molecule has 0 spiro atoms. The number of halogens is 2. The lowest BCUT2D eigenvalue weighted by Gasteiger charge is -1.87. The summed E-state index contributed by atoms with van der Waals surface area (Å²) in [6, 6.07) is 0. The molecule has 0 radical (unpaired) electrons. The summed E-state index contributed by atoms with van der Waals surface area (Å²) in [6.07, 6.45) is 0. The van der Waals surface area contributed by atoms with Gasteiger partial charge in [-0.15, -0.1) is 0 Å². The molecule has 0 aliphatic heterocycles. The standard InChI is InChI=1S/C2H2F2N2O2/c3-5-1(7)2(8)6-4/h(H,5,7)(H,6,8). The molecule has 0 aromatic rings. The maximum Gasteiger partial charge on any atom is 0.339 e. The summed E-state index contributed by atoms with van der Waals surface area (Å²) in [7, 11) is 0. The molecule has 0 aromatic carbocycles. The predicted molar refractivity (Wildman–Crippen MR) is 18.5 cm³/mol. The Bertz CT molecular complexity index is 101. The molecule has 0 aromatic heterocycles. The summed E-state index contributed by atoms with van der Waals surface area (Å²) >= 11 is 0. The molecule has 0 heterocycles. The molecule has 0 bridgehead atoms. The van der Waals surface area contributed by atoms with Crippen LogP contribution in [0.1, 0.15) is 0 Å². The van der Waals surface area contributed by atoms with Gasteiger partial charge in [-0.3, -0.25) is 9.59 Å². The van der Waals surface area contributed by atoms with E-state index < -0.39 is 11.8 Å². The predicted octanol–water partition coefficient (Wildman–Crippen LogP) is -1.01. The summed E-state index contributed by atoms with van der Waals surface area (Å²) in [5.41, 5.74) is 0.849. The lowest BCUT2D eigenvalue weighted by molar-refractivity contribution is -0.144. The van der Waals surface area contributed by atoms with Gasteiger partial charge in [0.05, 0.1) is 0 Å². The zero-order chi connectivity index (χ0) is 6.57. The molecule has 0 saturated carbocycles. The third-order valence-corrected chi connectivity index (χ3v) is 0.378. The van der Waals surface area contributed by atoms with Gasteiger partial charge in [0.1, 0.15) is 0 Å². The van der Waals surface area contributed by atoms with Crippen molar-refractivity contribution in [2.45, 2.75) is 0 Å². The van der Waals surface area contributed by atoms with Crippen LogP contribution in [0.25, 0.3) is 0 Å². The number of nitrogens with one attached hydrogen (secondary N) is 2. The first-order chi connectivity index (χ1) is 3.72. The fourth-order valence-electron chi connectivity index (χ4n) is 0.0858. The second-order valence-corrected chi connectivity index (χ2v) is 0.847. The molecule has 2 N–H and O–H groups in total. The average Bonchev–Trinajstić information content (AvgIpc) is 1.84. The fraction of sp³-hybridized carbons (Fsp3) is 0. The van der Waals surface area contributed by atoms with E-state index in [1.54, 1.807) is 0 Å². The Kier molecular flexibility index (Phi) is 2.46. The maximum absolute atomic E-state index is 10.8. The van der Waals surface area contributed by atoms with Crippen LogP contribution in [-0.2, 0) is 9.59 Å². The van der Waals surface area contributed by atoms with Crippen LogP contribution < -0.4 is 11.1 Å². The van der Waals surface area contributed by atoms with Gasteiger partial charge in [0, 0.05) is 0 Å². The van der Waals surface area contributed by atoms with Crippen molar-refractivity contribution in [3.05, 3.63) is 0 Å². The normalized spacial score (nSPS) is 7.75. The minimum Gasteiger partial charge on any atom is -0.261 e. The van der Waals surface area contributed by atoms with Crippen molar-refractivity contribution in [3.63, 3.8) is 0 Å². The van der Waals surface area contributed by atoms with E-state index in [-0.39, 0.29) is 0 Å². The van der Waals surface area contributed by atoms with Crippen LogP contribution in [-0.4, -0.2) is 11.8 Å². The summed E-state index contributed by atoms with van der Waals surface area (Å²) < 4.78 is 21.6. The number of hydrogen-bond donors (Lipinski definition) is 2. The molecule has 4 nitrogen and oxygen atoms in total. The molecule has 0 atom stereocenters. The lowest BCUT2D eigenvalue weighted by atomic mass is 10.6. The monoisotopic (exact) mass is 124 g/mol. The van der Waals surface area contributed by atoms with Gasteiger partial charge >= 0.3 is 11.8 Å². The van der Waals surface area contributed by atoms with Crippen LogP contribution in [0, 0.1) is 0 Å². The largest absolute Gasteiger partial charge is 0.339 e. The first-order valence-corrected chi connectivity index (χ1v) is 1.54.